The minimum atomic E-state index is 0.626. The van der Waals surface area contributed by atoms with Gasteiger partial charge in [0.2, 0.25) is 0 Å². The van der Waals surface area contributed by atoms with Gasteiger partial charge in [0.1, 0.15) is 0 Å². The lowest BCUT2D eigenvalue weighted by atomic mass is 9.95. The standard InChI is InChI=1S/C58H36N4S/c1-3-14-37(15-4-1)38-28-30-41(31-29-38)57-60-56(40-17-5-2-6-18-40)61-58(62-57)46-23-12-22-44(35-46)42-20-11-21-43(34-42)45-32-33-51-50(36-45)53-49-25-9-10-27-52(49)63-55(53)54(59-51)48-26-13-19-39-16-7-8-24-47(39)48/h1-36H. The lowest BCUT2D eigenvalue weighted by Gasteiger charge is -2.12. The Morgan fingerprint density at radius 1 is 0.302 bits per heavy atom. The van der Waals surface area contributed by atoms with Crippen LogP contribution < -0.4 is 0 Å². The van der Waals surface area contributed by atoms with Crippen LogP contribution in [0.3, 0.4) is 0 Å². The molecule has 0 fully saturated rings. The van der Waals surface area contributed by atoms with Crippen molar-refractivity contribution < 1.29 is 0 Å². The predicted molar refractivity (Wildman–Crippen MR) is 264 cm³/mol. The summed E-state index contributed by atoms with van der Waals surface area (Å²) in [6, 6.07) is 76.9. The second-order valence-corrected chi connectivity index (χ2v) is 16.9. The molecule has 12 rings (SSSR count). The van der Waals surface area contributed by atoms with Crippen molar-refractivity contribution in [2.75, 3.05) is 0 Å². The van der Waals surface area contributed by atoms with E-state index in [0.717, 1.165) is 66.7 Å². The Bertz CT molecular complexity index is 3670. The van der Waals surface area contributed by atoms with Crippen molar-refractivity contribution in [1.29, 1.82) is 0 Å². The fraction of sp³-hybridized carbons (Fsp3) is 0. The van der Waals surface area contributed by atoms with Crippen LogP contribution in [0.5, 0.6) is 0 Å². The summed E-state index contributed by atoms with van der Waals surface area (Å²) in [6.45, 7) is 0. The zero-order chi connectivity index (χ0) is 41.7. The van der Waals surface area contributed by atoms with Crippen LogP contribution in [0.1, 0.15) is 0 Å². The third kappa shape index (κ3) is 6.72. The molecule has 0 aliphatic carbocycles. The molecule has 0 atom stereocenters. The van der Waals surface area contributed by atoms with Gasteiger partial charge in [-0.1, -0.05) is 188 Å². The highest BCUT2D eigenvalue weighted by Gasteiger charge is 2.19. The van der Waals surface area contributed by atoms with E-state index >= 15 is 0 Å². The van der Waals surface area contributed by atoms with Gasteiger partial charge in [-0.15, -0.1) is 11.3 Å². The predicted octanol–water partition coefficient (Wildman–Crippen LogP) is 15.6. The van der Waals surface area contributed by atoms with Crippen LogP contribution in [-0.4, -0.2) is 19.9 Å². The number of aromatic nitrogens is 4. The molecule has 0 aliphatic heterocycles. The summed E-state index contributed by atoms with van der Waals surface area (Å²) in [5, 5.41) is 6.10. The van der Waals surface area contributed by atoms with E-state index in [1.807, 2.05) is 47.7 Å². The number of nitrogens with zero attached hydrogens (tertiary/aromatic N) is 4. The molecule has 9 aromatic carbocycles. The van der Waals surface area contributed by atoms with Crippen LogP contribution >= 0.6 is 11.3 Å². The smallest absolute Gasteiger partial charge is 0.164 e. The largest absolute Gasteiger partial charge is 0.246 e. The van der Waals surface area contributed by atoms with Crippen LogP contribution in [-0.2, 0) is 0 Å². The van der Waals surface area contributed by atoms with Gasteiger partial charge in [-0.3, -0.25) is 0 Å². The molecule has 3 heterocycles. The third-order valence-corrected chi connectivity index (χ3v) is 13.1. The average Bonchev–Trinajstić information content (AvgIpc) is 3.77. The number of hydrogen-bond donors (Lipinski definition) is 0. The summed E-state index contributed by atoms with van der Waals surface area (Å²) in [7, 11) is 0. The maximum Gasteiger partial charge on any atom is 0.164 e. The van der Waals surface area contributed by atoms with Crippen molar-refractivity contribution in [3.63, 3.8) is 0 Å². The highest BCUT2D eigenvalue weighted by molar-refractivity contribution is 7.26. The first-order chi connectivity index (χ1) is 31.2. The Labute approximate surface area is 368 Å². The van der Waals surface area contributed by atoms with E-state index in [2.05, 4.69) is 182 Å². The summed E-state index contributed by atoms with van der Waals surface area (Å²) >= 11 is 1.83. The normalized spacial score (nSPS) is 11.5. The van der Waals surface area contributed by atoms with E-state index in [1.54, 1.807) is 0 Å². The minimum Gasteiger partial charge on any atom is -0.246 e. The quantitative estimate of drug-likeness (QED) is 0.161. The second kappa shape index (κ2) is 15.4. The molecule has 0 aliphatic rings. The van der Waals surface area contributed by atoms with Crippen LogP contribution in [0.25, 0.3) is 121 Å². The van der Waals surface area contributed by atoms with E-state index in [9.17, 15) is 0 Å². The molecule has 0 saturated heterocycles. The van der Waals surface area contributed by atoms with Gasteiger partial charge in [-0.2, -0.15) is 0 Å². The topological polar surface area (TPSA) is 51.6 Å². The highest BCUT2D eigenvalue weighted by atomic mass is 32.1. The minimum absolute atomic E-state index is 0.626. The lowest BCUT2D eigenvalue weighted by molar-refractivity contribution is 1.07. The Hall–Kier alpha value is -8.12. The van der Waals surface area contributed by atoms with Crippen molar-refractivity contribution in [3.05, 3.63) is 218 Å². The summed E-state index contributed by atoms with van der Waals surface area (Å²) in [4.78, 5) is 20.5. The first-order valence-electron chi connectivity index (χ1n) is 21.1. The first kappa shape index (κ1) is 36.7. The number of pyridine rings is 1. The molecule has 0 N–H and O–H groups in total. The SMILES string of the molecule is c1ccc(-c2ccc(-c3nc(-c4ccccc4)nc(-c4cccc(-c5cccc(-c6ccc7nc(-c8cccc9ccccc89)c8sc9ccccc9c8c7c6)c5)c4)n3)cc2)cc1. The number of benzene rings is 9. The van der Waals surface area contributed by atoms with Gasteiger partial charge in [-0.25, -0.2) is 19.9 Å². The number of fused-ring (bicyclic) bond motifs is 6. The van der Waals surface area contributed by atoms with E-state index in [0.29, 0.717) is 17.5 Å². The van der Waals surface area contributed by atoms with Gasteiger partial charge in [0, 0.05) is 43.1 Å². The molecule has 12 aromatic rings. The fourth-order valence-corrected chi connectivity index (χ4v) is 10.0. The van der Waals surface area contributed by atoms with Gasteiger partial charge in [0.15, 0.2) is 17.5 Å². The molecule has 0 saturated carbocycles. The Kier molecular flexibility index (Phi) is 8.98. The van der Waals surface area contributed by atoms with Crippen molar-refractivity contribution in [2.24, 2.45) is 0 Å². The van der Waals surface area contributed by atoms with E-state index in [4.69, 9.17) is 19.9 Å². The molecule has 0 unspecified atom stereocenters. The molecule has 0 radical (unpaired) electrons. The first-order valence-corrected chi connectivity index (χ1v) is 21.9. The molecule has 0 spiro atoms. The number of hydrogen-bond acceptors (Lipinski definition) is 5. The maximum absolute atomic E-state index is 5.42. The van der Waals surface area contributed by atoms with Gasteiger partial charge < -0.3 is 0 Å². The molecular weight excluding hydrogens is 785 g/mol. The fourth-order valence-electron chi connectivity index (χ4n) is 8.79. The Balaban J connectivity index is 0.939. The van der Waals surface area contributed by atoms with Crippen molar-refractivity contribution in [1.82, 2.24) is 19.9 Å². The summed E-state index contributed by atoms with van der Waals surface area (Å²) < 4.78 is 2.47. The van der Waals surface area contributed by atoms with Crippen molar-refractivity contribution in [3.8, 4) is 78.8 Å². The van der Waals surface area contributed by atoms with Gasteiger partial charge >= 0.3 is 0 Å². The van der Waals surface area contributed by atoms with Gasteiger partial charge in [-0.05, 0) is 74.5 Å². The van der Waals surface area contributed by atoms with Crippen LogP contribution in [0, 0.1) is 0 Å². The molecule has 4 nitrogen and oxygen atoms in total. The monoisotopic (exact) mass is 820 g/mol. The summed E-state index contributed by atoms with van der Waals surface area (Å²) in [5.74, 6) is 1.90. The average molecular weight is 821 g/mol. The van der Waals surface area contributed by atoms with Crippen molar-refractivity contribution in [2.45, 2.75) is 0 Å². The molecule has 3 aromatic heterocycles. The number of thiophene rings is 1. The Morgan fingerprint density at radius 3 is 1.51 bits per heavy atom. The van der Waals surface area contributed by atoms with Crippen LogP contribution in [0.15, 0.2) is 218 Å². The second-order valence-electron chi connectivity index (χ2n) is 15.8. The van der Waals surface area contributed by atoms with Gasteiger partial charge in [0.05, 0.1) is 15.9 Å². The lowest BCUT2D eigenvalue weighted by Crippen LogP contribution is -2.00. The Morgan fingerprint density at radius 2 is 0.778 bits per heavy atom. The molecule has 5 heteroatoms. The van der Waals surface area contributed by atoms with Crippen LogP contribution in [0.4, 0.5) is 0 Å². The molecule has 294 valence electrons. The molecule has 63 heavy (non-hydrogen) atoms. The summed E-state index contributed by atoms with van der Waals surface area (Å²) in [5.41, 5.74) is 12.8. The van der Waals surface area contributed by atoms with Gasteiger partial charge in [0.25, 0.3) is 0 Å². The maximum atomic E-state index is 5.42. The molecular formula is C58H36N4S. The molecule has 0 bridgehead atoms. The number of rotatable bonds is 7. The van der Waals surface area contributed by atoms with E-state index < -0.39 is 0 Å². The zero-order valence-corrected chi connectivity index (χ0v) is 34.8. The van der Waals surface area contributed by atoms with Crippen molar-refractivity contribution >= 4 is 53.2 Å². The summed E-state index contributed by atoms with van der Waals surface area (Å²) in [6.07, 6.45) is 0. The molecule has 0 amide bonds. The zero-order valence-electron chi connectivity index (χ0n) is 34.0. The van der Waals surface area contributed by atoms with E-state index in [1.165, 1.54) is 36.5 Å². The third-order valence-electron chi connectivity index (χ3n) is 11.9. The van der Waals surface area contributed by atoms with E-state index in [-0.39, 0.29) is 0 Å². The highest BCUT2D eigenvalue weighted by Crippen LogP contribution is 2.45. The van der Waals surface area contributed by atoms with Crippen LogP contribution in [0.2, 0.25) is 0 Å².